The van der Waals surface area contributed by atoms with Gasteiger partial charge in [-0.2, -0.15) is 0 Å². The number of ketones is 1. The number of furan rings is 1. The van der Waals surface area contributed by atoms with Gasteiger partial charge >= 0.3 is 5.97 Å². The van der Waals surface area contributed by atoms with Gasteiger partial charge in [0.25, 0.3) is 5.56 Å². The Bertz CT molecular complexity index is 1320. The third-order valence-corrected chi connectivity index (χ3v) is 6.03. The van der Waals surface area contributed by atoms with E-state index < -0.39 is 5.97 Å². The number of nitrogens with zero attached hydrogens (tertiary/aromatic N) is 2. The average molecular weight is 461 g/mol. The van der Waals surface area contributed by atoms with Crippen LogP contribution in [-0.4, -0.2) is 28.4 Å². The molecule has 0 saturated heterocycles. The Labute approximate surface area is 170 Å². The molecule has 0 unspecified atom stereocenters. The van der Waals surface area contributed by atoms with E-state index in [1.54, 1.807) is 19.1 Å². The van der Waals surface area contributed by atoms with E-state index in [1.807, 2.05) is 12.1 Å². The van der Waals surface area contributed by atoms with E-state index in [0.717, 1.165) is 21.2 Å². The zero-order chi connectivity index (χ0) is 20.0. The Kier molecular flexibility index (Phi) is 4.64. The molecule has 0 aliphatic carbocycles. The Hall–Kier alpha value is -2.78. The van der Waals surface area contributed by atoms with Crippen molar-refractivity contribution in [3.8, 4) is 0 Å². The Morgan fingerprint density at radius 3 is 2.86 bits per heavy atom. The van der Waals surface area contributed by atoms with Crippen LogP contribution in [0.4, 0.5) is 0 Å². The van der Waals surface area contributed by atoms with Crippen molar-refractivity contribution in [3.63, 3.8) is 0 Å². The van der Waals surface area contributed by atoms with Crippen molar-refractivity contribution < 1.29 is 18.7 Å². The number of hydrogen-bond acceptors (Lipinski definition) is 7. The van der Waals surface area contributed by atoms with Crippen LogP contribution >= 0.6 is 27.3 Å². The molecule has 1 aromatic carbocycles. The number of thiophene rings is 1. The molecule has 3 aromatic heterocycles. The predicted molar refractivity (Wildman–Crippen MR) is 108 cm³/mol. The highest BCUT2D eigenvalue weighted by Crippen LogP contribution is 2.27. The summed E-state index contributed by atoms with van der Waals surface area (Å²) in [6.45, 7) is 1.45. The summed E-state index contributed by atoms with van der Waals surface area (Å²) >= 11 is 4.47. The number of aryl methyl sites for hydroxylation is 1. The fourth-order valence-electron chi connectivity index (χ4n) is 2.94. The second-order valence-corrected chi connectivity index (χ2v) is 8.04. The number of methoxy groups -OCH3 is 1. The monoisotopic (exact) mass is 460 g/mol. The van der Waals surface area contributed by atoms with Crippen molar-refractivity contribution in [2.45, 2.75) is 13.5 Å². The summed E-state index contributed by atoms with van der Waals surface area (Å²) in [7, 11) is 1.28. The lowest BCUT2D eigenvalue weighted by atomic mass is 10.2. The molecule has 28 heavy (non-hydrogen) atoms. The van der Waals surface area contributed by atoms with Crippen LogP contribution in [0.2, 0.25) is 0 Å². The topological polar surface area (TPSA) is 91.4 Å². The summed E-state index contributed by atoms with van der Waals surface area (Å²) in [5.41, 5.74) is 0.699. The highest BCUT2D eigenvalue weighted by atomic mass is 79.9. The molecule has 0 radical (unpaired) electrons. The summed E-state index contributed by atoms with van der Waals surface area (Å²) in [6, 6.07) is 7.07. The maximum atomic E-state index is 12.8. The number of benzene rings is 1. The molecule has 9 heteroatoms. The molecule has 0 atom stereocenters. The van der Waals surface area contributed by atoms with Gasteiger partial charge in [-0.15, -0.1) is 11.3 Å². The van der Waals surface area contributed by atoms with Crippen LogP contribution in [0.1, 0.15) is 25.8 Å². The molecule has 0 fully saturated rings. The number of fused-ring (bicyclic) bond motifs is 2. The van der Waals surface area contributed by atoms with E-state index >= 15 is 0 Å². The van der Waals surface area contributed by atoms with E-state index in [-0.39, 0.29) is 23.6 Å². The van der Waals surface area contributed by atoms with Gasteiger partial charge in [0, 0.05) is 9.86 Å². The van der Waals surface area contributed by atoms with E-state index in [9.17, 15) is 14.4 Å². The normalized spacial score (nSPS) is 11.2. The van der Waals surface area contributed by atoms with Gasteiger partial charge in [0.2, 0.25) is 5.78 Å². The number of esters is 1. The van der Waals surface area contributed by atoms with Crippen LogP contribution in [-0.2, 0) is 11.3 Å². The molecule has 0 spiro atoms. The number of Topliss-reactive ketones (excluding diaryl/α,β-unsaturated/α-hetero) is 1. The number of rotatable bonds is 4. The zero-order valence-electron chi connectivity index (χ0n) is 14.8. The maximum absolute atomic E-state index is 12.8. The highest BCUT2D eigenvalue weighted by molar-refractivity contribution is 9.10. The fourth-order valence-corrected chi connectivity index (χ4v) is 4.38. The van der Waals surface area contributed by atoms with Gasteiger partial charge in [-0.3, -0.25) is 14.2 Å². The second kappa shape index (κ2) is 6.99. The first-order valence-electron chi connectivity index (χ1n) is 8.18. The Morgan fingerprint density at radius 1 is 1.32 bits per heavy atom. The van der Waals surface area contributed by atoms with E-state index in [2.05, 4.69) is 20.9 Å². The quantitative estimate of drug-likeness (QED) is 0.338. The van der Waals surface area contributed by atoms with Crippen molar-refractivity contribution in [1.29, 1.82) is 0 Å². The molecule has 4 aromatic rings. The molecule has 0 N–H and O–H groups in total. The number of ether oxygens (including phenoxy) is 1. The number of carbonyl (C=O) groups is 2. The summed E-state index contributed by atoms with van der Waals surface area (Å²) in [6.07, 6.45) is 1.30. The summed E-state index contributed by atoms with van der Waals surface area (Å²) in [5.74, 6) is -0.704. The van der Waals surface area contributed by atoms with E-state index in [0.29, 0.717) is 26.2 Å². The fraction of sp³-hybridized carbons (Fsp3) is 0.158. The van der Waals surface area contributed by atoms with Crippen molar-refractivity contribution in [1.82, 2.24) is 9.55 Å². The average Bonchev–Trinajstić information content (AvgIpc) is 3.24. The van der Waals surface area contributed by atoms with Gasteiger partial charge in [-0.1, -0.05) is 15.9 Å². The van der Waals surface area contributed by atoms with Crippen molar-refractivity contribution in [2.24, 2.45) is 0 Å². The highest BCUT2D eigenvalue weighted by Gasteiger charge is 2.21. The van der Waals surface area contributed by atoms with Crippen molar-refractivity contribution in [2.75, 3.05) is 7.11 Å². The number of aromatic nitrogens is 2. The summed E-state index contributed by atoms with van der Waals surface area (Å²) < 4.78 is 12.4. The van der Waals surface area contributed by atoms with Gasteiger partial charge in [-0.25, -0.2) is 9.78 Å². The molecule has 0 aliphatic rings. The van der Waals surface area contributed by atoms with Gasteiger partial charge in [0.1, 0.15) is 15.3 Å². The molecule has 0 saturated carbocycles. The molecular weight excluding hydrogens is 448 g/mol. The van der Waals surface area contributed by atoms with Crippen LogP contribution in [0.25, 0.3) is 21.2 Å². The molecule has 142 valence electrons. The summed E-state index contributed by atoms with van der Waals surface area (Å²) in [5, 5.41) is 1.10. The second-order valence-electron chi connectivity index (χ2n) is 6.12. The van der Waals surface area contributed by atoms with E-state index in [4.69, 9.17) is 9.15 Å². The largest absolute Gasteiger partial charge is 0.465 e. The van der Waals surface area contributed by atoms with E-state index in [1.165, 1.54) is 18.0 Å². The minimum Gasteiger partial charge on any atom is -0.465 e. The SMILES string of the molecule is COC(=O)c1sc2ncn(CC(=O)c3cc4cc(Br)ccc4o3)c(=O)c2c1C. The minimum absolute atomic E-state index is 0.164. The predicted octanol–water partition coefficient (Wildman–Crippen LogP) is 3.94. The zero-order valence-corrected chi connectivity index (χ0v) is 17.2. The van der Waals surface area contributed by atoms with Crippen LogP contribution in [0, 0.1) is 6.92 Å². The standard InChI is InChI=1S/C19H13BrN2O5S/c1-9-15-17(28-16(9)19(25)26-2)21-8-22(18(15)24)7-12(23)14-6-10-5-11(20)3-4-13(10)27-14/h3-6,8H,7H2,1-2H3. The first-order chi connectivity index (χ1) is 13.4. The Balaban J connectivity index is 1.71. The molecule has 7 nitrogen and oxygen atoms in total. The molecule has 0 amide bonds. The van der Waals surface area contributed by atoms with Crippen molar-refractivity contribution >= 4 is 60.2 Å². The first-order valence-corrected chi connectivity index (χ1v) is 9.79. The lowest BCUT2D eigenvalue weighted by Gasteiger charge is -2.03. The van der Waals surface area contributed by atoms with Crippen LogP contribution in [0.15, 0.2) is 44.3 Å². The molecule has 0 aliphatic heterocycles. The summed E-state index contributed by atoms with van der Waals surface area (Å²) in [4.78, 5) is 42.3. The number of carbonyl (C=O) groups excluding carboxylic acids is 2. The van der Waals surface area contributed by atoms with Crippen LogP contribution in [0.3, 0.4) is 0 Å². The number of halogens is 1. The lowest BCUT2D eigenvalue weighted by Crippen LogP contribution is -2.24. The minimum atomic E-state index is -0.518. The van der Waals surface area contributed by atoms with Crippen molar-refractivity contribution in [3.05, 3.63) is 61.6 Å². The van der Waals surface area contributed by atoms with Gasteiger partial charge in [-0.05, 0) is 36.8 Å². The Morgan fingerprint density at radius 2 is 2.11 bits per heavy atom. The van der Waals surface area contributed by atoms with Gasteiger partial charge in [0.15, 0.2) is 5.76 Å². The number of hydrogen-bond donors (Lipinski definition) is 0. The smallest absolute Gasteiger partial charge is 0.348 e. The van der Waals surface area contributed by atoms with Gasteiger partial charge < -0.3 is 9.15 Å². The van der Waals surface area contributed by atoms with Crippen LogP contribution in [0.5, 0.6) is 0 Å². The molecular formula is C19H13BrN2O5S. The molecule has 0 bridgehead atoms. The lowest BCUT2D eigenvalue weighted by molar-refractivity contribution is 0.0605. The third-order valence-electron chi connectivity index (χ3n) is 4.36. The van der Waals surface area contributed by atoms with Crippen LogP contribution < -0.4 is 5.56 Å². The molecule has 3 heterocycles. The maximum Gasteiger partial charge on any atom is 0.348 e. The third kappa shape index (κ3) is 3.06. The first kappa shape index (κ1) is 18.6. The molecule has 4 rings (SSSR count). The van der Waals surface area contributed by atoms with Gasteiger partial charge in [0.05, 0.1) is 25.4 Å².